The Morgan fingerprint density at radius 2 is 1.65 bits per heavy atom. The lowest BCUT2D eigenvalue weighted by Crippen LogP contribution is -2.80. The summed E-state index contributed by atoms with van der Waals surface area (Å²) >= 11 is 0. The molecule has 5 nitrogen and oxygen atoms in total. The summed E-state index contributed by atoms with van der Waals surface area (Å²) < 4.78 is 4.69. The molecule has 4 bridgehead atoms. The second-order valence-electron chi connectivity index (χ2n) is 9.53. The van der Waals surface area contributed by atoms with Gasteiger partial charge in [-0.3, -0.25) is 4.79 Å². The Morgan fingerprint density at radius 3 is 2.12 bits per heavy atom. The Bertz CT molecular complexity index is 678. The Hall–Kier alpha value is -1.88. The molecule has 0 aliphatic heterocycles. The van der Waals surface area contributed by atoms with E-state index in [-0.39, 0.29) is 11.3 Å². The molecule has 0 heterocycles. The summed E-state index contributed by atoms with van der Waals surface area (Å²) in [5.74, 6) is -0.559. The van der Waals surface area contributed by atoms with E-state index in [1.165, 1.54) is 57.6 Å². The molecule has 4 aliphatic carbocycles. The maximum atomic E-state index is 10.6. The van der Waals surface area contributed by atoms with E-state index >= 15 is 0 Å². The number of quaternary nitrogens is 1. The Morgan fingerprint density at radius 1 is 1.08 bits per heavy atom. The Kier molecular flexibility index (Phi) is 4.63. The number of hydrogen-bond donors (Lipinski definition) is 2. The standard InChI is InChI=1S/C12H21N.C9H8O4/c1-10-3-9-4-11(2,6-10)8-12(13,5-9)7-10;1-6(10)13-8-5-3-2-4-7(8)9(11)12/h9H,3-8,13H2,1-2H3;2-5H,1H3,(H,11,12)/p+1. The van der Waals surface area contributed by atoms with E-state index in [0.717, 1.165) is 5.92 Å². The van der Waals surface area contributed by atoms with Crippen molar-refractivity contribution in [3.63, 3.8) is 0 Å². The number of benzene rings is 1. The zero-order chi connectivity index (χ0) is 19.2. The number of hydrogen-bond acceptors (Lipinski definition) is 3. The highest BCUT2D eigenvalue weighted by Gasteiger charge is 2.60. The normalized spacial score (nSPS) is 36.8. The second kappa shape index (κ2) is 6.38. The molecule has 2 unspecified atom stereocenters. The average molecular weight is 360 g/mol. The predicted octanol–water partition coefficient (Wildman–Crippen LogP) is 3.29. The summed E-state index contributed by atoms with van der Waals surface area (Å²) in [5, 5.41) is 8.69. The zero-order valence-electron chi connectivity index (χ0n) is 16.0. The van der Waals surface area contributed by atoms with Crippen molar-refractivity contribution in [2.75, 3.05) is 0 Å². The summed E-state index contributed by atoms with van der Waals surface area (Å²) in [6, 6.07) is 5.98. The van der Waals surface area contributed by atoms with Gasteiger partial charge in [0.05, 0.1) is 5.54 Å². The van der Waals surface area contributed by atoms with Crippen LogP contribution in [0.15, 0.2) is 24.3 Å². The first-order valence-electron chi connectivity index (χ1n) is 9.38. The first-order chi connectivity index (χ1) is 12.0. The summed E-state index contributed by atoms with van der Waals surface area (Å²) in [6.07, 6.45) is 8.73. The van der Waals surface area contributed by atoms with Crippen molar-refractivity contribution in [1.82, 2.24) is 0 Å². The first-order valence-corrected chi connectivity index (χ1v) is 9.38. The number of para-hydroxylation sites is 1. The minimum Gasteiger partial charge on any atom is -0.478 e. The van der Waals surface area contributed by atoms with Crippen LogP contribution < -0.4 is 10.5 Å². The van der Waals surface area contributed by atoms with Gasteiger partial charge in [0.25, 0.3) is 0 Å². The van der Waals surface area contributed by atoms with Crippen LogP contribution >= 0.6 is 0 Å². The van der Waals surface area contributed by atoms with Crippen LogP contribution in [0.2, 0.25) is 0 Å². The van der Waals surface area contributed by atoms with Crippen LogP contribution in [0.1, 0.15) is 69.7 Å². The molecule has 0 saturated heterocycles. The summed E-state index contributed by atoms with van der Waals surface area (Å²) in [7, 11) is 0. The highest BCUT2D eigenvalue weighted by molar-refractivity contribution is 5.91. The molecule has 4 N–H and O–H groups in total. The predicted molar refractivity (Wildman–Crippen MR) is 97.7 cm³/mol. The fourth-order valence-electron chi connectivity index (χ4n) is 6.57. The van der Waals surface area contributed by atoms with Crippen molar-refractivity contribution in [1.29, 1.82) is 0 Å². The number of carboxylic acids is 1. The summed E-state index contributed by atoms with van der Waals surface area (Å²) in [4.78, 5) is 21.2. The molecule has 26 heavy (non-hydrogen) atoms. The van der Waals surface area contributed by atoms with Gasteiger partial charge in [-0.2, -0.15) is 0 Å². The van der Waals surface area contributed by atoms with Gasteiger partial charge in [0.1, 0.15) is 11.3 Å². The molecule has 1 aromatic rings. The zero-order valence-corrected chi connectivity index (χ0v) is 16.0. The lowest BCUT2D eigenvalue weighted by molar-refractivity contribution is -0.514. The SMILES string of the molecule is CC(=O)Oc1ccccc1C(=O)O.CC12CC3CC(C)(C1)CC([NH3+])(C3)C2. The highest BCUT2D eigenvalue weighted by Crippen LogP contribution is 2.64. The van der Waals surface area contributed by atoms with E-state index in [1.807, 2.05) is 0 Å². The maximum absolute atomic E-state index is 10.6. The van der Waals surface area contributed by atoms with Crippen molar-refractivity contribution in [3.05, 3.63) is 29.8 Å². The van der Waals surface area contributed by atoms with E-state index in [2.05, 4.69) is 24.3 Å². The Balaban J connectivity index is 0.000000151. The maximum Gasteiger partial charge on any atom is 0.339 e. The molecule has 5 heteroatoms. The minimum absolute atomic E-state index is 0.0160. The van der Waals surface area contributed by atoms with Crippen LogP contribution in [0.4, 0.5) is 0 Å². The molecule has 0 aromatic heterocycles. The van der Waals surface area contributed by atoms with Gasteiger partial charge in [-0.25, -0.2) is 4.79 Å². The Labute approximate surface area is 154 Å². The van der Waals surface area contributed by atoms with Gasteiger partial charge in [-0.1, -0.05) is 26.0 Å². The minimum atomic E-state index is -1.11. The van der Waals surface area contributed by atoms with Crippen LogP contribution in [0.3, 0.4) is 0 Å². The molecule has 0 radical (unpaired) electrons. The van der Waals surface area contributed by atoms with Crippen LogP contribution in [0, 0.1) is 16.7 Å². The lowest BCUT2D eigenvalue weighted by Gasteiger charge is -2.62. The third kappa shape index (κ3) is 3.93. The highest BCUT2D eigenvalue weighted by atomic mass is 16.5. The first kappa shape index (κ1) is 18.9. The molecule has 1 aromatic carbocycles. The van der Waals surface area contributed by atoms with Gasteiger partial charge < -0.3 is 15.6 Å². The fourth-order valence-corrected chi connectivity index (χ4v) is 6.57. The average Bonchev–Trinajstić information content (AvgIpc) is 2.42. The van der Waals surface area contributed by atoms with Crippen LogP contribution in [0.25, 0.3) is 0 Å². The molecule has 0 amide bonds. The van der Waals surface area contributed by atoms with Gasteiger partial charge in [-0.15, -0.1) is 0 Å². The fraction of sp³-hybridized carbons (Fsp3) is 0.619. The van der Waals surface area contributed by atoms with Gasteiger partial charge in [-0.05, 0) is 48.1 Å². The van der Waals surface area contributed by atoms with Gasteiger partial charge in [0.15, 0.2) is 0 Å². The number of ether oxygens (including phenoxy) is 1. The number of rotatable bonds is 2. The monoisotopic (exact) mass is 360 g/mol. The van der Waals surface area contributed by atoms with Gasteiger partial charge in [0, 0.05) is 26.2 Å². The number of carboxylic acid groups (broad SMARTS) is 1. The van der Waals surface area contributed by atoms with E-state index in [0.29, 0.717) is 16.4 Å². The molecule has 4 saturated carbocycles. The quantitative estimate of drug-likeness (QED) is 0.625. The van der Waals surface area contributed by atoms with Crippen LogP contribution in [-0.2, 0) is 4.79 Å². The number of carbonyl (C=O) groups is 2. The lowest BCUT2D eigenvalue weighted by atomic mass is 9.43. The van der Waals surface area contributed by atoms with Crippen molar-refractivity contribution in [2.24, 2.45) is 16.7 Å². The van der Waals surface area contributed by atoms with Crippen molar-refractivity contribution in [3.8, 4) is 5.75 Å². The van der Waals surface area contributed by atoms with Crippen molar-refractivity contribution < 1.29 is 25.2 Å². The van der Waals surface area contributed by atoms with E-state index in [9.17, 15) is 9.59 Å². The van der Waals surface area contributed by atoms with Crippen LogP contribution in [-0.4, -0.2) is 22.6 Å². The van der Waals surface area contributed by atoms with E-state index in [4.69, 9.17) is 5.11 Å². The van der Waals surface area contributed by atoms with Crippen molar-refractivity contribution >= 4 is 11.9 Å². The molecule has 4 fully saturated rings. The number of esters is 1. The topological polar surface area (TPSA) is 91.2 Å². The number of carbonyl (C=O) groups excluding carboxylic acids is 1. The third-order valence-electron chi connectivity index (χ3n) is 6.11. The molecule has 5 rings (SSSR count). The van der Waals surface area contributed by atoms with Gasteiger partial charge >= 0.3 is 11.9 Å². The van der Waals surface area contributed by atoms with Crippen molar-refractivity contribution in [2.45, 2.75) is 64.8 Å². The van der Waals surface area contributed by atoms with Crippen LogP contribution in [0.5, 0.6) is 5.75 Å². The molecular weight excluding hydrogens is 330 g/mol. The summed E-state index contributed by atoms with van der Waals surface area (Å²) in [6.45, 7) is 6.24. The van der Waals surface area contributed by atoms with E-state index < -0.39 is 11.9 Å². The number of aromatic carboxylic acids is 1. The third-order valence-corrected chi connectivity index (χ3v) is 6.11. The summed E-state index contributed by atoms with van der Waals surface area (Å²) in [5.41, 5.74) is 6.30. The smallest absolute Gasteiger partial charge is 0.339 e. The second-order valence-corrected chi connectivity index (χ2v) is 9.53. The molecule has 142 valence electrons. The largest absolute Gasteiger partial charge is 0.478 e. The molecule has 4 aliphatic rings. The molecule has 0 spiro atoms. The van der Waals surface area contributed by atoms with Gasteiger partial charge in [0.2, 0.25) is 0 Å². The van der Waals surface area contributed by atoms with E-state index in [1.54, 1.807) is 12.1 Å². The molecular formula is C21H30NO4+. The molecule has 2 atom stereocenters.